The second-order valence-electron chi connectivity index (χ2n) is 5.68. The van der Waals surface area contributed by atoms with E-state index in [9.17, 15) is 9.18 Å². The summed E-state index contributed by atoms with van der Waals surface area (Å²) in [7, 11) is 0. The maximum atomic E-state index is 13.4. The molecular formula is C17H18BrFN2O2. The van der Waals surface area contributed by atoms with E-state index in [0.29, 0.717) is 18.8 Å². The quantitative estimate of drug-likeness (QED) is 0.858. The first-order valence-corrected chi connectivity index (χ1v) is 8.40. The number of nitrogens with zero attached hydrogens (tertiary/aromatic N) is 1. The van der Waals surface area contributed by atoms with Gasteiger partial charge < -0.3 is 14.6 Å². The van der Waals surface area contributed by atoms with Gasteiger partial charge in [0.2, 0.25) is 0 Å². The van der Waals surface area contributed by atoms with Gasteiger partial charge in [-0.1, -0.05) is 12.1 Å². The van der Waals surface area contributed by atoms with Crippen molar-refractivity contribution < 1.29 is 13.9 Å². The van der Waals surface area contributed by atoms with E-state index in [2.05, 4.69) is 20.9 Å². The van der Waals surface area contributed by atoms with Crippen LogP contribution in [0.1, 0.15) is 28.9 Å². The summed E-state index contributed by atoms with van der Waals surface area (Å²) in [5.41, 5.74) is 1.27. The van der Waals surface area contributed by atoms with Crippen molar-refractivity contribution in [3.8, 4) is 0 Å². The lowest BCUT2D eigenvalue weighted by molar-refractivity contribution is 0.0503. The van der Waals surface area contributed by atoms with E-state index in [4.69, 9.17) is 4.74 Å². The van der Waals surface area contributed by atoms with Crippen molar-refractivity contribution in [2.75, 3.05) is 13.2 Å². The minimum Gasteiger partial charge on any atom is -0.376 e. The van der Waals surface area contributed by atoms with Crippen molar-refractivity contribution in [2.45, 2.75) is 25.5 Å². The number of hydrogen-bond acceptors (Lipinski definition) is 2. The number of carbonyl (C=O) groups excluding carboxylic acids is 1. The summed E-state index contributed by atoms with van der Waals surface area (Å²) in [6.45, 7) is 1.60. The lowest BCUT2D eigenvalue weighted by Crippen LogP contribution is -2.37. The van der Waals surface area contributed by atoms with E-state index in [1.807, 2.05) is 6.07 Å². The molecule has 1 atom stereocenters. The second kappa shape index (κ2) is 7.27. The largest absolute Gasteiger partial charge is 0.376 e. The summed E-state index contributed by atoms with van der Waals surface area (Å²) in [6, 6.07) is 8.09. The molecule has 0 radical (unpaired) electrons. The molecule has 6 heteroatoms. The average molecular weight is 381 g/mol. The van der Waals surface area contributed by atoms with Gasteiger partial charge in [0.15, 0.2) is 0 Å². The number of nitrogens with one attached hydrogen (secondary N) is 1. The van der Waals surface area contributed by atoms with E-state index < -0.39 is 0 Å². The molecule has 0 spiro atoms. The van der Waals surface area contributed by atoms with Gasteiger partial charge in [-0.3, -0.25) is 4.79 Å². The number of rotatable bonds is 5. The van der Waals surface area contributed by atoms with Gasteiger partial charge in [-0.15, -0.1) is 0 Å². The first kappa shape index (κ1) is 16.2. The highest BCUT2D eigenvalue weighted by atomic mass is 79.9. The normalized spacial score (nSPS) is 17.4. The predicted molar refractivity (Wildman–Crippen MR) is 88.6 cm³/mol. The van der Waals surface area contributed by atoms with Gasteiger partial charge in [0, 0.05) is 30.4 Å². The van der Waals surface area contributed by atoms with Crippen LogP contribution >= 0.6 is 15.9 Å². The molecular weight excluding hydrogens is 363 g/mol. The summed E-state index contributed by atoms with van der Waals surface area (Å²) in [5.74, 6) is -0.412. The Balaban J connectivity index is 1.78. The van der Waals surface area contributed by atoms with Crippen molar-refractivity contribution >= 4 is 21.8 Å². The molecule has 0 saturated carbocycles. The molecule has 1 fully saturated rings. The van der Waals surface area contributed by atoms with E-state index in [0.717, 1.165) is 29.5 Å². The Labute approximate surface area is 142 Å². The molecule has 1 N–H and O–H groups in total. The summed E-state index contributed by atoms with van der Waals surface area (Å²) in [5, 5.41) is 0. The maximum absolute atomic E-state index is 13.4. The van der Waals surface area contributed by atoms with Crippen LogP contribution < -0.4 is 0 Å². The van der Waals surface area contributed by atoms with Crippen LogP contribution in [-0.2, 0) is 11.3 Å². The minimum absolute atomic E-state index is 0.0471. The van der Waals surface area contributed by atoms with Gasteiger partial charge in [0.05, 0.1) is 6.10 Å². The fourth-order valence-corrected chi connectivity index (χ4v) is 3.11. The Morgan fingerprint density at radius 1 is 1.43 bits per heavy atom. The molecule has 3 rings (SSSR count). The Morgan fingerprint density at radius 2 is 2.30 bits per heavy atom. The monoisotopic (exact) mass is 380 g/mol. The number of carbonyl (C=O) groups is 1. The molecule has 1 amide bonds. The Morgan fingerprint density at radius 3 is 2.96 bits per heavy atom. The van der Waals surface area contributed by atoms with Gasteiger partial charge >= 0.3 is 0 Å². The van der Waals surface area contributed by atoms with Gasteiger partial charge in [0.1, 0.15) is 11.5 Å². The number of aromatic amines is 1. The van der Waals surface area contributed by atoms with E-state index >= 15 is 0 Å². The van der Waals surface area contributed by atoms with Crippen molar-refractivity contribution in [2.24, 2.45) is 0 Å². The lowest BCUT2D eigenvalue weighted by Gasteiger charge is -2.25. The third-order valence-electron chi connectivity index (χ3n) is 3.88. The van der Waals surface area contributed by atoms with Crippen LogP contribution in [0, 0.1) is 5.82 Å². The van der Waals surface area contributed by atoms with Crippen LogP contribution in [-0.4, -0.2) is 35.0 Å². The predicted octanol–water partition coefficient (Wildman–Crippen LogP) is 3.74. The molecule has 1 saturated heterocycles. The third kappa shape index (κ3) is 4.20. The van der Waals surface area contributed by atoms with E-state index in [1.54, 1.807) is 23.2 Å². The Hall–Kier alpha value is -1.66. The van der Waals surface area contributed by atoms with Gasteiger partial charge in [0.25, 0.3) is 5.91 Å². The number of ether oxygens (including phenoxy) is 1. The van der Waals surface area contributed by atoms with Crippen LogP contribution in [0.25, 0.3) is 0 Å². The van der Waals surface area contributed by atoms with Gasteiger partial charge in [-0.05, 0) is 52.5 Å². The zero-order valence-electron chi connectivity index (χ0n) is 12.6. The van der Waals surface area contributed by atoms with E-state index in [1.165, 1.54) is 12.1 Å². The SMILES string of the molecule is O=C(c1cc(Br)c[nH]1)N(Cc1cccc(F)c1)C[C@H]1CCCO1. The van der Waals surface area contributed by atoms with Crippen LogP contribution in [0.2, 0.25) is 0 Å². The van der Waals surface area contributed by atoms with Crippen LogP contribution in [0.5, 0.6) is 0 Å². The number of H-pyrrole nitrogens is 1. The standard InChI is InChI=1S/C17H18BrFN2O2/c18-13-8-16(20-9-13)17(22)21(11-15-5-2-6-23-15)10-12-3-1-4-14(19)7-12/h1,3-4,7-9,15,20H,2,5-6,10-11H2/t15-/m1/s1. The highest BCUT2D eigenvalue weighted by Crippen LogP contribution is 2.19. The minimum atomic E-state index is -0.297. The van der Waals surface area contributed by atoms with E-state index in [-0.39, 0.29) is 17.8 Å². The van der Waals surface area contributed by atoms with Gasteiger partial charge in [-0.2, -0.15) is 0 Å². The Kier molecular flexibility index (Phi) is 5.13. The molecule has 0 aliphatic carbocycles. The number of aromatic nitrogens is 1. The lowest BCUT2D eigenvalue weighted by atomic mass is 10.1. The molecule has 0 bridgehead atoms. The third-order valence-corrected chi connectivity index (χ3v) is 4.33. The highest BCUT2D eigenvalue weighted by Gasteiger charge is 2.24. The summed E-state index contributed by atoms with van der Waals surface area (Å²) >= 11 is 3.34. The molecule has 1 aromatic heterocycles. The average Bonchev–Trinajstić information content (AvgIpc) is 3.17. The highest BCUT2D eigenvalue weighted by molar-refractivity contribution is 9.10. The number of hydrogen-bond donors (Lipinski definition) is 1. The number of halogens is 2. The first-order valence-electron chi connectivity index (χ1n) is 7.61. The molecule has 0 unspecified atom stereocenters. The smallest absolute Gasteiger partial charge is 0.270 e. The van der Waals surface area contributed by atoms with Crippen molar-refractivity contribution in [3.63, 3.8) is 0 Å². The molecule has 1 aliphatic rings. The summed E-state index contributed by atoms with van der Waals surface area (Å²) in [4.78, 5) is 17.4. The fourth-order valence-electron chi connectivity index (χ4n) is 2.77. The first-order chi connectivity index (χ1) is 11.1. The summed E-state index contributed by atoms with van der Waals surface area (Å²) < 4.78 is 19.9. The molecule has 23 heavy (non-hydrogen) atoms. The fraction of sp³-hybridized carbons (Fsp3) is 0.353. The summed E-state index contributed by atoms with van der Waals surface area (Å²) in [6.07, 6.45) is 3.73. The van der Waals surface area contributed by atoms with Crippen LogP contribution in [0.3, 0.4) is 0 Å². The van der Waals surface area contributed by atoms with Crippen molar-refractivity contribution in [1.29, 1.82) is 0 Å². The molecule has 2 heterocycles. The van der Waals surface area contributed by atoms with Crippen LogP contribution in [0.15, 0.2) is 41.0 Å². The molecule has 2 aromatic rings. The van der Waals surface area contributed by atoms with Crippen molar-refractivity contribution in [3.05, 3.63) is 58.1 Å². The Bertz CT molecular complexity index is 683. The zero-order chi connectivity index (χ0) is 16.2. The molecule has 1 aliphatic heterocycles. The molecule has 1 aromatic carbocycles. The molecule has 122 valence electrons. The van der Waals surface area contributed by atoms with Gasteiger partial charge in [-0.25, -0.2) is 4.39 Å². The maximum Gasteiger partial charge on any atom is 0.270 e. The van der Waals surface area contributed by atoms with Crippen LogP contribution in [0.4, 0.5) is 4.39 Å². The topological polar surface area (TPSA) is 45.3 Å². The second-order valence-corrected chi connectivity index (χ2v) is 6.60. The number of amides is 1. The van der Waals surface area contributed by atoms with Crippen molar-refractivity contribution in [1.82, 2.24) is 9.88 Å². The number of benzene rings is 1. The molecule has 4 nitrogen and oxygen atoms in total. The zero-order valence-corrected chi connectivity index (χ0v) is 14.2.